The SMILES string of the molecule is Bc1cc(B)c(-c2c(B)c(B)c(B)c(B)c2B)c(B)c1-c1c(B)c(B)c(B)c(B)c1B. The fourth-order valence-corrected chi connectivity index (χ4v) is 5.70. The Kier molecular flexibility index (Phi) is 6.59. The van der Waals surface area contributed by atoms with Crippen LogP contribution in [0.15, 0.2) is 6.07 Å². The van der Waals surface area contributed by atoms with Crippen LogP contribution in [0.25, 0.3) is 22.3 Å². The minimum atomic E-state index is 1.38. The molecule has 0 fully saturated rings. The van der Waals surface area contributed by atoms with Gasteiger partial charge in [0.2, 0.25) is 0 Å². The molecule has 138 valence electrons. The van der Waals surface area contributed by atoms with Crippen LogP contribution < -0.4 is 71.0 Å². The third-order valence-corrected chi connectivity index (χ3v) is 8.47. The largest absolute Gasteiger partial charge is 0.140 e. The molecule has 3 rings (SSSR count). The van der Waals surface area contributed by atoms with Gasteiger partial charge in [0.15, 0.2) is 0 Å². The Bertz CT molecular complexity index is 1110. The molecule has 0 spiro atoms. The molecule has 0 bridgehead atoms. The second kappa shape index (κ2) is 8.45. The van der Waals surface area contributed by atoms with Gasteiger partial charge in [-0.25, -0.2) is 0 Å². The Hall–Kier alpha value is -1.50. The van der Waals surface area contributed by atoms with Crippen LogP contribution in [-0.2, 0) is 0 Å². The van der Waals surface area contributed by atoms with E-state index in [4.69, 9.17) is 0 Å². The molecule has 0 aliphatic carbocycles. The van der Waals surface area contributed by atoms with Gasteiger partial charge in [-0.05, 0) is 22.3 Å². The van der Waals surface area contributed by atoms with E-state index in [2.05, 4.69) is 108 Å². The van der Waals surface area contributed by atoms with Crippen LogP contribution in [0.5, 0.6) is 0 Å². The Balaban J connectivity index is 2.52. The van der Waals surface area contributed by atoms with E-state index in [1.807, 2.05) is 0 Å². The van der Waals surface area contributed by atoms with E-state index in [0.717, 1.165) is 0 Å². The van der Waals surface area contributed by atoms with Gasteiger partial charge in [-0.1, -0.05) is 44.3 Å². The predicted molar refractivity (Wildman–Crippen MR) is 184 cm³/mol. The van der Waals surface area contributed by atoms with E-state index in [0.29, 0.717) is 0 Å². The molecule has 0 amide bonds. The first kappa shape index (κ1) is 24.2. The Morgan fingerprint density at radius 1 is 0.258 bits per heavy atom. The minimum Gasteiger partial charge on any atom is -0.102 e. The zero-order chi connectivity index (χ0) is 23.5. The van der Waals surface area contributed by atoms with E-state index in [1.165, 1.54) is 93.3 Å². The van der Waals surface area contributed by atoms with Gasteiger partial charge in [-0.15, -0.1) is 32.8 Å². The number of benzene rings is 3. The summed E-state index contributed by atoms with van der Waals surface area (Å²) < 4.78 is 0. The Morgan fingerprint density at radius 3 is 0.742 bits per heavy atom. The highest BCUT2D eigenvalue weighted by molar-refractivity contribution is 6.71. The molecule has 0 nitrogen and oxygen atoms in total. The molecule has 0 aliphatic rings. The van der Waals surface area contributed by atoms with Crippen LogP contribution in [0.4, 0.5) is 0 Å². The molecule has 3 aromatic rings. The topological polar surface area (TPSA) is 0 Å². The summed E-state index contributed by atoms with van der Waals surface area (Å²) in [5.74, 6) is 0. The van der Waals surface area contributed by atoms with Crippen molar-refractivity contribution < 1.29 is 0 Å². The summed E-state index contributed by atoms with van der Waals surface area (Å²) in [5.41, 5.74) is 24.1. The molecule has 0 aliphatic heterocycles. The zero-order valence-corrected chi connectivity index (χ0v) is 22.1. The molecule has 3 aromatic carbocycles. The van der Waals surface area contributed by atoms with Crippen molar-refractivity contribution in [3.05, 3.63) is 6.07 Å². The lowest BCUT2D eigenvalue weighted by atomic mass is 9.56. The van der Waals surface area contributed by atoms with Crippen molar-refractivity contribution in [3.63, 3.8) is 0 Å². The molecule has 0 N–H and O–H groups in total. The second-order valence-corrected chi connectivity index (χ2v) is 9.89. The molecule has 0 heterocycles. The van der Waals surface area contributed by atoms with Crippen molar-refractivity contribution in [2.45, 2.75) is 0 Å². The molecule has 0 unspecified atom stereocenters. The second-order valence-electron chi connectivity index (χ2n) is 9.89. The van der Waals surface area contributed by atoms with E-state index >= 15 is 0 Å². The molecule has 0 atom stereocenters. The average Bonchev–Trinajstić information content (AvgIpc) is 2.72. The minimum absolute atomic E-state index is 1.38. The summed E-state index contributed by atoms with van der Waals surface area (Å²) in [4.78, 5) is 0. The van der Waals surface area contributed by atoms with Crippen molar-refractivity contribution in [3.8, 4) is 22.3 Å². The van der Waals surface area contributed by atoms with Crippen molar-refractivity contribution in [2.75, 3.05) is 0 Å². The quantitative estimate of drug-likeness (QED) is 0.386. The first-order valence-corrected chi connectivity index (χ1v) is 11.6. The molecular weight excluding hydrogens is 357 g/mol. The highest BCUT2D eigenvalue weighted by atomic mass is 14.2. The Morgan fingerprint density at radius 2 is 0.484 bits per heavy atom. The predicted octanol–water partition coefficient (Wildman–Crippen LogP) is -17.6. The lowest BCUT2D eigenvalue weighted by Crippen LogP contribution is -2.57. The standard InChI is InChI=1S/C18H27B13/c19-2-1-3(20)5(7-11(24)15(28)18(31)16(29)12(7)25)8(21)4(2)6-9(22)13(26)17(30)14(27)10(6)23/h1H,19-31H2. The van der Waals surface area contributed by atoms with Gasteiger partial charge in [-0.3, -0.25) is 0 Å². The van der Waals surface area contributed by atoms with Gasteiger partial charge in [-0.2, -0.15) is 0 Å². The lowest BCUT2D eigenvalue weighted by molar-refractivity contribution is 1.80. The number of hydrogen-bond donors (Lipinski definition) is 0. The fraction of sp³-hybridized carbons (Fsp3) is 0. The first-order valence-electron chi connectivity index (χ1n) is 11.6. The maximum Gasteiger partial charge on any atom is 0.140 e. The summed E-state index contributed by atoms with van der Waals surface area (Å²) in [5, 5.41) is 0. The monoisotopic (exact) mass is 386 g/mol. The summed E-state index contributed by atoms with van der Waals surface area (Å²) in [6.07, 6.45) is 0. The van der Waals surface area contributed by atoms with Crippen molar-refractivity contribution >= 4 is 173 Å². The number of rotatable bonds is 2. The van der Waals surface area contributed by atoms with Gasteiger partial charge in [0.25, 0.3) is 0 Å². The molecule has 0 aromatic heterocycles. The van der Waals surface area contributed by atoms with E-state index in [-0.39, 0.29) is 0 Å². The van der Waals surface area contributed by atoms with Gasteiger partial charge in [0.05, 0.1) is 0 Å². The van der Waals surface area contributed by atoms with Crippen molar-refractivity contribution in [2.24, 2.45) is 0 Å². The third kappa shape index (κ3) is 3.61. The van der Waals surface area contributed by atoms with Crippen LogP contribution in [0.1, 0.15) is 0 Å². The molecule has 0 radical (unpaired) electrons. The summed E-state index contributed by atoms with van der Waals surface area (Å²) in [7, 11) is 29.8. The van der Waals surface area contributed by atoms with Gasteiger partial charge in [0, 0.05) is 0 Å². The fourth-order valence-electron chi connectivity index (χ4n) is 5.70. The molecule has 0 saturated heterocycles. The maximum atomic E-state index is 2.41. The van der Waals surface area contributed by atoms with E-state index in [1.54, 1.807) is 0 Å². The van der Waals surface area contributed by atoms with Crippen molar-refractivity contribution in [1.29, 1.82) is 0 Å². The normalized spacial score (nSPS) is 11.0. The van der Waals surface area contributed by atoms with Gasteiger partial charge >= 0.3 is 0 Å². The number of hydrogen-bond acceptors (Lipinski definition) is 0. The van der Waals surface area contributed by atoms with Crippen LogP contribution in [0, 0.1) is 0 Å². The third-order valence-electron chi connectivity index (χ3n) is 8.47. The summed E-state index contributed by atoms with van der Waals surface area (Å²) in [6.45, 7) is 0. The van der Waals surface area contributed by atoms with Crippen LogP contribution in [0.3, 0.4) is 0 Å². The van der Waals surface area contributed by atoms with Crippen LogP contribution >= 0.6 is 0 Å². The molecule has 13 heteroatoms. The van der Waals surface area contributed by atoms with E-state index < -0.39 is 0 Å². The summed E-state index contributed by atoms with van der Waals surface area (Å²) in [6, 6.07) is 2.41. The first-order chi connectivity index (χ1) is 14.3. The maximum absolute atomic E-state index is 2.41. The van der Waals surface area contributed by atoms with Gasteiger partial charge < -0.3 is 0 Å². The Labute approximate surface area is 201 Å². The van der Waals surface area contributed by atoms with Gasteiger partial charge in [0.1, 0.15) is 102 Å². The van der Waals surface area contributed by atoms with Crippen LogP contribution in [-0.4, -0.2) is 102 Å². The highest BCUT2D eigenvalue weighted by Gasteiger charge is 2.21. The van der Waals surface area contributed by atoms with Crippen molar-refractivity contribution in [1.82, 2.24) is 0 Å². The molecule has 0 saturated carbocycles. The average molecular weight is 384 g/mol. The van der Waals surface area contributed by atoms with E-state index in [9.17, 15) is 0 Å². The molecule has 31 heavy (non-hydrogen) atoms. The summed E-state index contributed by atoms with van der Waals surface area (Å²) >= 11 is 0. The van der Waals surface area contributed by atoms with Crippen LogP contribution in [0.2, 0.25) is 0 Å². The smallest absolute Gasteiger partial charge is 0.102 e. The highest BCUT2D eigenvalue weighted by Crippen LogP contribution is 2.15. The lowest BCUT2D eigenvalue weighted by Gasteiger charge is -2.28. The molecular formula is C18H27B13. The zero-order valence-electron chi connectivity index (χ0n) is 22.1.